The van der Waals surface area contributed by atoms with Gasteiger partial charge in [-0.2, -0.15) is 0 Å². The van der Waals surface area contributed by atoms with Gasteiger partial charge in [0.05, 0.1) is 11.6 Å². The lowest BCUT2D eigenvalue weighted by molar-refractivity contribution is -0.132. The molecule has 10 heteroatoms. The van der Waals surface area contributed by atoms with Crippen molar-refractivity contribution in [1.82, 2.24) is 10.2 Å². The van der Waals surface area contributed by atoms with Gasteiger partial charge in [-0.05, 0) is 72.5 Å². The van der Waals surface area contributed by atoms with E-state index in [1.54, 1.807) is 36.4 Å². The quantitative estimate of drug-likeness (QED) is 0.0568. The number of phenolic OH excluding ortho intramolecular Hbond substituents is 1. The van der Waals surface area contributed by atoms with Crippen molar-refractivity contribution in [3.63, 3.8) is 0 Å². The number of rotatable bonds is 9. The zero-order chi connectivity index (χ0) is 31.5. The highest BCUT2D eigenvalue weighted by molar-refractivity contribution is 8.00. The number of ketones is 1. The van der Waals surface area contributed by atoms with Crippen LogP contribution in [0.4, 0.5) is 5.13 Å². The molecule has 0 spiro atoms. The monoisotopic (exact) mass is 635 g/mol. The molecule has 6 rings (SSSR count). The van der Waals surface area contributed by atoms with Gasteiger partial charge in [0.25, 0.3) is 5.78 Å². The summed E-state index contributed by atoms with van der Waals surface area (Å²) in [5.41, 5.74) is 5.28. The Balaban J connectivity index is 1.29. The Bertz CT molecular complexity index is 1880. The number of aromatic nitrogens is 2. The van der Waals surface area contributed by atoms with Crippen molar-refractivity contribution in [2.75, 3.05) is 4.90 Å². The maximum Gasteiger partial charge on any atom is 0.301 e. The number of carbonyl (C=O) groups excluding carboxylic acids is 2. The highest BCUT2D eigenvalue weighted by atomic mass is 32.2. The van der Waals surface area contributed by atoms with Gasteiger partial charge in [0.2, 0.25) is 5.13 Å². The Morgan fingerprint density at radius 3 is 2.33 bits per heavy atom. The number of nitrogens with zero attached hydrogens (tertiary/aromatic N) is 3. The Hall–Kier alpha value is -4.93. The number of Topliss-reactive ketones (excluding diaryl/α,β-unsaturated/α-hetero) is 1. The zero-order valence-corrected chi connectivity index (χ0v) is 26.1. The van der Waals surface area contributed by atoms with Gasteiger partial charge in [-0.3, -0.25) is 14.5 Å². The minimum Gasteiger partial charge on any atom is -0.508 e. The molecule has 45 heavy (non-hydrogen) atoms. The number of thioether (sulfide) groups is 1. The van der Waals surface area contributed by atoms with Crippen LogP contribution < -0.4 is 9.64 Å². The first-order valence-corrected chi connectivity index (χ1v) is 16.0. The second-order valence-electron chi connectivity index (χ2n) is 10.6. The van der Waals surface area contributed by atoms with Crippen LogP contribution in [0.15, 0.2) is 107 Å². The van der Waals surface area contributed by atoms with E-state index in [4.69, 9.17) is 4.74 Å². The molecule has 1 fully saturated rings. The Morgan fingerprint density at radius 2 is 1.62 bits per heavy atom. The summed E-state index contributed by atoms with van der Waals surface area (Å²) in [5, 5.41) is 30.2. The van der Waals surface area contributed by atoms with Crippen molar-refractivity contribution in [3.05, 3.63) is 136 Å². The van der Waals surface area contributed by atoms with Crippen LogP contribution in [0.5, 0.6) is 11.5 Å². The van der Waals surface area contributed by atoms with Crippen LogP contribution >= 0.6 is 23.1 Å². The lowest BCUT2D eigenvalue weighted by Gasteiger charge is -2.22. The Labute approximate surface area is 268 Å². The van der Waals surface area contributed by atoms with E-state index >= 15 is 0 Å². The second kappa shape index (κ2) is 13.0. The maximum atomic E-state index is 13.5. The molecule has 0 bridgehead atoms. The summed E-state index contributed by atoms with van der Waals surface area (Å²) in [7, 11) is 0. The first-order valence-electron chi connectivity index (χ1n) is 14.2. The molecule has 1 aromatic heterocycles. The van der Waals surface area contributed by atoms with Crippen molar-refractivity contribution < 1.29 is 24.5 Å². The van der Waals surface area contributed by atoms with Crippen LogP contribution in [-0.2, 0) is 21.9 Å². The van der Waals surface area contributed by atoms with Crippen molar-refractivity contribution in [3.8, 4) is 11.5 Å². The summed E-state index contributed by atoms with van der Waals surface area (Å²) < 4.78 is 6.57. The largest absolute Gasteiger partial charge is 0.508 e. The summed E-state index contributed by atoms with van der Waals surface area (Å²) >= 11 is 2.68. The van der Waals surface area contributed by atoms with E-state index in [2.05, 4.69) is 22.3 Å². The van der Waals surface area contributed by atoms with Gasteiger partial charge in [-0.1, -0.05) is 89.3 Å². The number of ether oxygens (including phenoxy) is 1. The van der Waals surface area contributed by atoms with Crippen LogP contribution in [0, 0.1) is 13.8 Å². The molecule has 1 atom stereocenters. The number of aromatic hydroxyl groups is 1. The Kier molecular flexibility index (Phi) is 8.68. The van der Waals surface area contributed by atoms with Crippen molar-refractivity contribution in [2.45, 2.75) is 36.6 Å². The fourth-order valence-electron chi connectivity index (χ4n) is 4.99. The second-order valence-corrected chi connectivity index (χ2v) is 12.8. The molecule has 1 aliphatic rings. The highest BCUT2D eigenvalue weighted by Gasteiger charge is 2.48. The van der Waals surface area contributed by atoms with E-state index in [9.17, 15) is 19.8 Å². The summed E-state index contributed by atoms with van der Waals surface area (Å²) in [5.74, 6) is -0.691. The summed E-state index contributed by atoms with van der Waals surface area (Å²) in [6.45, 7) is 4.44. The predicted octanol–water partition coefficient (Wildman–Crippen LogP) is 7.36. The first-order chi connectivity index (χ1) is 21.8. The summed E-state index contributed by atoms with van der Waals surface area (Å²) in [6.07, 6.45) is 0. The van der Waals surface area contributed by atoms with Gasteiger partial charge in [-0.15, -0.1) is 10.2 Å². The minimum atomic E-state index is -0.981. The van der Waals surface area contributed by atoms with E-state index in [1.807, 2.05) is 50.2 Å². The molecule has 0 radical (unpaired) electrons. The molecule has 2 N–H and O–H groups in total. The van der Waals surface area contributed by atoms with Crippen LogP contribution in [-0.4, -0.2) is 32.1 Å². The molecular weight excluding hydrogens is 607 g/mol. The molecule has 8 nitrogen and oxygen atoms in total. The van der Waals surface area contributed by atoms with Gasteiger partial charge in [0.1, 0.15) is 23.9 Å². The standard InChI is InChI=1S/C35H29N3O5S2/c1-21-7-9-23(10-8-21)20-44-35-37-36-34(45-35)38-30(24-11-15-27(39)16-12-24)29(32(41)33(38)42)31(40)25-13-17-28(18-14-25)43-19-26-6-4-3-5-22(26)2/h3-18,30,39-40H,19-20H2,1-2H3. The number of amides is 1. The fourth-order valence-corrected chi connectivity index (χ4v) is 6.81. The van der Waals surface area contributed by atoms with E-state index in [0.717, 1.165) is 16.7 Å². The number of hydrogen-bond donors (Lipinski definition) is 2. The van der Waals surface area contributed by atoms with Crippen LogP contribution in [0.2, 0.25) is 0 Å². The molecule has 0 saturated carbocycles. The number of anilines is 1. The molecule has 1 unspecified atom stereocenters. The van der Waals surface area contributed by atoms with Gasteiger partial charge in [0.15, 0.2) is 4.34 Å². The van der Waals surface area contributed by atoms with E-state index in [0.29, 0.717) is 33.6 Å². The highest BCUT2D eigenvalue weighted by Crippen LogP contribution is 2.44. The van der Waals surface area contributed by atoms with Gasteiger partial charge < -0.3 is 14.9 Å². The van der Waals surface area contributed by atoms with E-state index < -0.39 is 17.7 Å². The van der Waals surface area contributed by atoms with Crippen molar-refractivity contribution in [1.29, 1.82) is 0 Å². The molecule has 1 aliphatic heterocycles. The summed E-state index contributed by atoms with van der Waals surface area (Å²) in [4.78, 5) is 28.3. The minimum absolute atomic E-state index is 0.0303. The number of aliphatic hydroxyl groups excluding tert-OH is 1. The van der Waals surface area contributed by atoms with Crippen molar-refractivity contribution >= 4 is 45.7 Å². The summed E-state index contributed by atoms with van der Waals surface area (Å²) in [6, 6.07) is 28.1. The third-order valence-corrected chi connectivity index (χ3v) is 9.65. The molecule has 1 saturated heterocycles. The van der Waals surface area contributed by atoms with Gasteiger partial charge >= 0.3 is 5.91 Å². The van der Waals surface area contributed by atoms with Gasteiger partial charge in [0, 0.05) is 11.3 Å². The third-order valence-electron chi connectivity index (χ3n) is 7.52. The van der Waals surface area contributed by atoms with Crippen LogP contribution in [0.3, 0.4) is 0 Å². The molecular formula is C35H29N3O5S2. The number of phenols is 1. The molecule has 0 aliphatic carbocycles. The lowest BCUT2D eigenvalue weighted by atomic mass is 9.95. The lowest BCUT2D eigenvalue weighted by Crippen LogP contribution is -2.29. The third kappa shape index (κ3) is 6.47. The molecule has 1 amide bonds. The van der Waals surface area contributed by atoms with Gasteiger partial charge in [-0.25, -0.2) is 0 Å². The molecule has 226 valence electrons. The number of aryl methyl sites for hydroxylation is 2. The number of aliphatic hydroxyl groups is 1. The Morgan fingerprint density at radius 1 is 0.911 bits per heavy atom. The van der Waals surface area contributed by atoms with E-state index in [-0.39, 0.29) is 22.2 Å². The SMILES string of the molecule is Cc1ccc(CSc2nnc(N3C(=O)C(=O)C(=C(O)c4ccc(OCc5ccccc5C)cc4)C3c3ccc(O)cc3)s2)cc1. The molecule has 4 aromatic carbocycles. The maximum absolute atomic E-state index is 13.5. The average molecular weight is 636 g/mol. The van der Waals surface area contributed by atoms with Crippen molar-refractivity contribution in [2.24, 2.45) is 0 Å². The normalized spacial score (nSPS) is 15.9. The first kappa shape index (κ1) is 30.1. The smallest absolute Gasteiger partial charge is 0.301 e. The molecule has 2 heterocycles. The van der Waals surface area contributed by atoms with Crippen LogP contribution in [0.1, 0.15) is 39.4 Å². The van der Waals surface area contributed by atoms with E-state index in [1.165, 1.54) is 45.7 Å². The fraction of sp³-hybridized carbons (Fsp3) is 0.143. The number of benzene rings is 4. The topological polar surface area (TPSA) is 113 Å². The average Bonchev–Trinajstić information content (AvgIpc) is 3.62. The van der Waals surface area contributed by atoms with Crippen LogP contribution in [0.25, 0.3) is 5.76 Å². The number of hydrogen-bond acceptors (Lipinski definition) is 9. The molecule has 5 aromatic rings. The zero-order valence-electron chi connectivity index (χ0n) is 24.5. The predicted molar refractivity (Wildman–Crippen MR) is 175 cm³/mol. The number of carbonyl (C=O) groups is 2.